The van der Waals surface area contributed by atoms with Crippen molar-refractivity contribution in [2.24, 2.45) is 0 Å². The molecule has 3 nitrogen and oxygen atoms in total. The van der Waals surface area contributed by atoms with Crippen LogP contribution >= 0.6 is 0 Å². The Morgan fingerprint density at radius 1 is 1.17 bits per heavy atom. The Hall–Kier alpha value is -1.29. The second kappa shape index (κ2) is 5.66. The SMILES string of the molecule is CC(C)(C)[Si](C)(C)Oc1ccc(C2CC(=O)N3CCC[C@@H]23)cc1. The number of rotatable bonds is 3. The van der Waals surface area contributed by atoms with Crippen molar-refractivity contribution in [1.29, 1.82) is 0 Å². The van der Waals surface area contributed by atoms with Crippen LogP contribution in [-0.2, 0) is 4.79 Å². The first kappa shape index (κ1) is 16.6. The molecule has 2 heterocycles. The van der Waals surface area contributed by atoms with Crippen molar-refractivity contribution in [2.75, 3.05) is 6.54 Å². The summed E-state index contributed by atoms with van der Waals surface area (Å²) in [6, 6.07) is 8.95. The van der Waals surface area contributed by atoms with Crippen LogP contribution in [-0.4, -0.2) is 31.7 Å². The van der Waals surface area contributed by atoms with E-state index >= 15 is 0 Å². The van der Waals surface area contributed by atoms with E-state index in [1.165, 1.54) is 5.56 Å². The number of amides is 1. The largest absolute Gasteiger partial charge is 0.544 e. The molecule has 0 aliphatic carbocycles. The average molecular weight is 332 g/mol. The number of fused-ring (bicyclic) bond motifs is 1. The van der Waals surface area contributed by atoms with Gasteiger partial charge in [-0.25, -0.2) is 0 Å². The van der Waals surface area contributed by atoms with Gasteiger partial charge in [0.15, 0.2) is 0 Å². The predicted octanol–water partition coefficient (Wildman–Crippen LogP) is 4.55. The molecule has 0 bridgehead atoms. The molecule has 1 amide bonds. The minimum Gasteiger partial charge on any atom is -0.544 e. The molecule has 2 aliphatic rings. The molecular formula is C19H29NO2Si. The van der Waals surface area contributed by atoms with Crippen LogP contribution in [0.2, 0.25) is 18.1 Å². The highest BCUT2D eigenvalue weighted by atomic mass is 28.4. The first-order valence-electron chi connectivity index (χ1n) is 8.77. The molecule has 1 aromatic carbocycles. The van der Waals surface area contributed by atoms with Crippen LogP contribution in [0.3, 0.4) is 0 Å². The Morgan fingerprint density at radius 2 is 1.83 bits per heavy atom. The molecule has 0 aromatic heterocycles. The van der Waals surface area contributed by atoms with Crippen molar-refractivity contribution in [2.45, 2.75) is 70.1 Å². The predicted molar refractivity (Wildman–Crippen MR) is 96.4 cm³/mol. The van der Waals surface area contributed by atoms with E-state index in [-0.39, 0.29) is 5.04 Å². The number of carbonyl (C=O) groups excluding carboxylic acids is 1. The quantitative estimate of drug-likeness (QED) is 0.761. The average Bonchev–Trinajstić information content (AvgIpc) is 3.03. The fourth-order valence-corrected chi connectivity index (χ4v) is 4.56. The van der Waals surface area contributed by atoms with E-state index in [0.717, 1.165) is 25.1 Å². The lowest BCUT2D eigenvalue weighted by atomic mass is 9.90. The van der Waals surface area contributed by atoms with Gasteiger partial charge in [0, 0.05) is 24.9 Å². The van der Waals surface area contributed by atoms with Gasteiger partial charge in [0.05, 0.1) is 0 Å². The van der Waals surface area contributed by atoms with E-state index in [0.29, 0.717) is 24.3 Å². The van der Waals surface area contributed by atoms with Gasteiger partial charge in [0.1, 0.15) is 5.75 Å². The van der Waals surface area contributed by atoms with Gasteiger partial charge >= 0.3 is 0 Å². The Labute approximate surface area is 141 Å². The Balaban J connectivity index is 1.74. The van der Waals surface area contributed by atoms with Crippen molar-refractivity contribution < 1.29 is 9.22 Å². The lowest BCUT2D eigenvalue weighted by molar-refractivity contribution is -0.127. The Kier molecular flexibility index (Phi) is 4.07. The van der Waals surface area contributed by atoms with Gasteiger partial charge in [-0.3, -0.25) is 4.79 Å². The van der Waals surface area contributed by atoms with Crippen LogP contribution in [0.5, 0.6) is 5.75 Å². The molecule has 0 radical (unpaired) electrons. The van der Waals surface area contributed by atoms with E-state index in [4.69, 9.17) is 4.43 Å². The van der Waals surface area contributed by atoms with E-state index in [1.807, 2.05) is 0 Å². The van der Waals surface area contributed by atoms with Crippen LogP contribution in [0.4, 0.5) is 0 Å². The molecule has 126 valence electrons. The summed E-state index contributed by atoms with van der Waals surface area (Å²) in [6.45, 7) is 12.3. The van der Waals surface area contributed by atoms with Crippen molar-refractivity contribution in [3.8, 4) is 5.75 Å². The summed E-state index contributed by atoms with van der Waals surface area (Å²) in [5, 5.41) is 0.202. The van der Waals surface area contributed by atoms with Crippen LogP contribution in [0.1, 0.15) is 51.5 Å². The van der Waals surface area contributed by atoms with Gasteiger partial charge < -0.3 is 9.33 Å². The molecule has 2 saturated heterocycles. The highest BCUT2D eigenvalue weighted by Crippen LogP contribution is 2.41. The van der Waals surface area contributed by atoms with Gasteiger partial charge in [-0.1, -0.05) is 32.9 Å². The fraction of sp³-hybridized carbons (Fsp3) is 0.632. The summed E-state index contributed by atoms with van der Waals surface area (Å²) >= 11 is 0. The minimum atomic E-state index is -1.79. The highest BCUT2D eigenvalue weighted by Gasteiger charge is 2.43. The summed E-state index contributed by atoms with van der Waals surface area (Å²) in [5.74, 6) is 1.67. The third-order valence-corrected chi connectivity index (χ3v) is 10.3. The van der Waals surface area contributed by atoms with Gasteiger partial charge in [-0.15, -0.1) is 0 Å². The van der Waals surface area contributed by atoms with Crippen molar-refractivity contribution in [3.05, 3.63) is 29.8 Å². The first-order chi connectivity index (χ1) is 10.7. The van der Waals surface area contributed by atoms with Gasteiger partial charge in [0.2, 0.25) is 14.2 Å². The van der Waals surface area contributed by atoms with Gasteiger partial charge in [-0.05, 0) is 48.7 Å². The monoisotopic (exact) mass is 331 g/mol. The maximum Gasteiger partial charge on any atom is 0.250 e. The number of hydrogen-bond donors (Lipinski definition) is 0. The molecular weight excluding hydrogens is 302 g/mol. The topological polar surface area (TPSA) is 29.5 Å². The second-order valence-electron chi connectivity index (χ2n) is 8.54. The standard InChI is InChI=1S/C19H29NO2Si/c1-19(2,3)23(4,5)22-15-10-8-14(9-11-15)16-13-18(21)20-12-6-7-17(16)20/h8-11,16-17H,6-7,12-13H2,1-5H3/t16?,17-/m0/s1. The van der Waals surface area contributed by atoms with E-state index < -0.39 is 8.32 Å². The molecule has 0 saturated carbocycles. The van der Waals surface area contributed by atoms with Crippen molar-refractivity contribution in [1.82, 2.24) is 4.90 Å². The Bertz CT molecular complexity index is 588. The zero-order valence-corrected chi connectivity index (χ0v) is 16.1. The molecule has 2 fully saturated rings. The zero-order chi connectivity index (χ0) is 16.8. The van der Waals surface area contributed by atoms with Gasteiger partial charge in [-0.2, -0.15) is 0 Å². The van der Waals surface area contributed by atoms with E-state index in [1.54, 1.807) is 0 Å². The Morgan fingerprint density at radius 3 is 2.43 bits per heavy atom. The molecule has 3 rings (SSSR count). The molecule has 1 aromatic rings. The maximum absolute atomic E-state index is 12.1. The number of benzene rings is 1. The molecule has 23 heavy (non-hydrogen) atoms. The summed E-state index contributed by atoms with van der Waals surface area (Å²) in [5.41, 5.74) is 1.29. The summed E-state index contributed by atoms with van der Waals surface area (Å²) in [6.07, 6.45) is 2.98. The smallest absolute Gasteiger partial charge is 0.250 e. The summed E-state index contributed by atoms with van der Waals surface area (Å²) < 4.78 is 6.35. The first-order valence-corrected chi connectivity index (χ1v) is 11.7. The number of hydrogen-bond acceptors (Lipinski definition) is 2. The summed E-state index contributed by atoms with van der Waals surface area (Å²) in [7, 11) is -1.79. The highest BCUT2D eigenvalue weighted by molar-refractivity contribution is 6.74. The minimum absolute atomic E-state index is 0.202. The lowest BCUT2D eigenvalue weighted by Crippen LogP contribution is -2.43. The molecule has 1 unspecified atom stereocenters. The number of nitrogens with zero attached hydrogens (tertiary/aromatic N) is 1. The maximum atomic E-state index is 12.1. The molecule has 0 spiro atoms. The van der Waals surface area contributed by atoms with Crippen LogP contribution in [0.15, 0.2) is 24.3 Å². The van der Waals surface area contributed by atoms with E-state index in [2.05, 4.69) is 63.0 Å². The third-order valence-electron chi connectivity index (χ3n) is 5.97. The van der Waals surface area contributed by atoms with Crippen LogP contribution in [0.25, 0.3) is 0 Å². The third kappa shape index (κ3) is 3.05. The fourth-order valence-electron chi connectivity index (χ4n) is 3.53. The van der Waals surface area contributed by atoms with Crippen molar-refractivity contribution >= 4 is 14.2 Å². The summed E-state index contributed by atoms with van der Waals surface area (Å²) in [4.78, 5) is 14.2. The molecule has 2 aliphatic heterocycles. The zero-order valence-electron chi connectivity index (χ0n) is 15.1. The lowest BCUT2D eigenvalue weighted by Gasteiger charge is -2.36. The van der Waals surface area contributed by atoms with Gasteiger partial charge in [0.25, 0.3) is 0 Å². The van der Waals surface area contributed by atoms with Crippen LogP contribution < -0.4 is 4.43 Å². The normalized spacial score (nSPS) is 24.9. The number of carbonyl (C=O) groups is 1. The molecule has 4 heteroatoms. The van der Waals surface area contributed by atoms with Crippen molar-refractivity contribution in [3.63, 3.8) is 0 Å². The van der Waals surface area contributed by atoms with E-state index in [9.17, 15) is 4.79 Å². The second-order valence-corrected chi connectivity index (χ2v) is 13.3. The molecule has 2 atom stereocenters. The van der Waals surface area contributed by atoms with Crippen LogP contribution in [0, 0.1) is 0 Å². The molecule has 0 N–H and O–H groups in total.